The molecule has 1 amide bonds. The number of piperidine rings is 1. The lowest BCUT2D eigenvalue weighted by Gasteiger charge is -2.34. The SMILES string of the molecule is CC1(CNC(=O)c2cnn(-c3ccccc3)c2)CCNCC1. The lowest BCUT2D eigenvalue weighted by Crippen LogP contribution is -2.42. The van der Waals surface area contributed by atoms with E-state index in [9.17, 15) is 4.79 Å². The van der Waals surface area contributed by atoms with Crippen molar-refractivity contribution >= 4 is 5.91 Å². The van der Waals surface area contributed by atoms with Crippen molar-refractivity contribution in [2.24, 2.45) is 5.41 Å². The van der Waals surface area contributed by atoms with Gasteiger partial charge in [0.2, 0.25) is 0 Å². The van der Waals surface area contributed by atoms with E-state index in [2.05, 4.69) is 22.7 Å². The summed E-state index contributed by atoms with van der Waals surface area (Å²) in [5.74, 6) is -0.0538. The van der Waals surface area contributed by atoms with E-state index in [0.717, 1.165) is 31.6 Å². The van der Waals surface area contributed by atoms with Crippen LogP contribution in [0.3, 0.4) is 0 Å². The summed E-state index contributed by atoms with van der Waals surface area (Å²) in [5.41, 5.74) is 1.74. The Morgan fingerprint density at radius 1 is 1.32 bits per heavy atom. The highest BCUT2D eigenvalue weighted by Crippen LogP contribution is 2.26. The molecule has 1 aromatic heterocycles. The largest absolute Gasteiger partial charge is 0.351 e. The minimum Gasteiger partial charge on any atom is -0.351 e. The number of benzene rings is 1. The molecule has 0 saturated carbocycles. The first-order chi connectivity index (χ1) is 10.7. The number of hydrogen-bond donors (Lipinski definition) is 2. The predicted octanol–water partition coefficient (Wildman–Crippen LogP) is 1.99. The Balaban J connectivity index is 1.62. The Labute approximate surface area is 130 Å². The van der Waals surface area contributed by atoms with Gasteiger partial charge in [-0.25, -0.2) is 4.68 Å². The van der Waals surface area contributed by atoms with Gasteiger partial charge < -0.3 is 10.6 Å². The minimum atomic E-state index is -0.0538. The third kappa shape index (κ3) is 3.36. The first-order valence-corrected chi connectivity index (χ1v) is 7.75. The number of para-hydroxylation sites is 1. The van der Waals surface area contributed by atoms with E-state index in [-0.39, 0.29) is 11.3 Å². The van der Waals surface area contributed by atoms with Crippen LogP contribution in [-0.4, -0.2) is 35.3 Å². The van der Waals surface area contributed by atoms with Gasteiger partial charge in [-0.05, 0) is 43.5 Å². The van der Waals surface area contributed by atoms with Gasteiger partial charge in [-0.15, -0.1) is 0 Å². The molecule has 1 aliphatic heterocycles. The first-order valence-electron chi connectivity index (χ1n) is 7.75. The van der Waals surface area contributed by atoms with Gasteiger partial charge in [0.1, 0.15) is 0 Å². The molecule has 2 aromatic rings. The van der Waals surface area contributed by atoms with E-state index in [1.54, 1.807) is 17.1 Å². The third-order valence-corrected chi connectivity index (χ3v) is 4.35. The van der Waals surface area contributed by atoms with Crippen molar-refractivity contribution in [2.75, 3.05) is 19.6 Å². The third-order valence-electron chi connectivity index (χ3n) is 4.35. The summed E-state index contributed by atoms with van der Waals surface area (Å²) < 4.78 is 1.72. The fraction of sp³-hybridized carbons (Fsp3) is 0.412. The summed E-state index contributed by atoms with van der Waals surface area (Å²) in [5, 5.41) is 10.7. The molecule has 1 aromatic carbocycles. The summed E-state index contributed by atoms with van der Waals surface area (Å²) in [7, 11) is 0. The molecule has 0 radical (unpaired) electrons. The van der Waals surface area contributed by atoms with Crippen LogP contribution in [0.15, 0.2) is 42.7 Å². The molecule has 0 bridgehead atoms. The van der Waals surface area contributed by atoms with Crippen molar-refractivity contribution in [3.05, 3.63) is 48.3 Å². The summed E-state index contributed by atoms with van der Waals surface area (Å²) in [6.07, 6.45) is 5.58. The molecule has 22 heavy (non-hydrogen) atoms. The van der Waals surface area contributed by atoms with Crippen LogP contribution in [0.1, 0.15) is 30.1 Å². The molecule has 5 nitrogen and oxygen atoms in total. The van der Waals surface area contributed by atoms with Gasteiger partial charge in [-0.2, -0.15) is 5.10 Å². The average molecular weight is 298 g/mol. The number of carbonyl (C=O) groups excluding carboxylic acids is 1. The van der Waals surface area contributed by atoms with E-state index in [1.807, 2.05) is 30.3 Å². The Bertz CT molecular complexity index is 629. The standard InChI is InChI=1S/C17H22N4O/c1-17(7-9-18-10-8-17)13-19-16(22)14-11-20-21(12-14)15-5-3-2-4-6-15/h2-6,11-12,18H,7-10,13H2,1H3,(H,19,22). The highest BCUT2D eigenvalue weighted by atomic mass is 16.1. The lowest BCUT2D eigenvalue weighted by atomic mass is 9.81. The molecular weight excluding hydrogens is 276 g/mol. The Kier molecular flexibility index (Phi) is 4.24. The van der Waals surface area contributed by atoms with Crippen molar-refractivity contribution in [2.45, 2.75) is 19.8 Å². The highest BCUT2D eigenvalue weighted by Gasteiger charge is 2.27. The van der Waals surface area contributed by atoms with Crippen LogP contribution in [0, 0.1) is 5.41 Å². The van der Waals surface area contributed by atoms with Crippen LogP contribution in [0.25, 0.3) is 5.69 Å². The minimum absolute atomic E-state index is 0.0538. The maximum Gasteiger partial charge on any atom is 0.254 e. The van der Waals surface area contributed by atoms with Gasteiger partial charge in [0.05, 0.1) is 17.4 Å². The number of aromatic nitrogens is 2. The normalized spacial score (nSPS) is 17.1. The number of amides is 1. The van der Waals surface area contributed by atoms with E-state index >= 15 is 0 Å². The van der Waals surface area contributed by atoms with E-state index < -0.39 is 0 Å². The smallest absolute Gasteiger partial charge is 0.254 e. The highest BCUT2D eigenvalue weighted by molar-refractivity contribution is 5.93. The number of rotatable bonds is 4. The molecule has 5 heteroatoms. The first kappa shape index (κ1) is 14.8. The van der Waals surface area contributed by atoms with Crippen molar-refractivity contribution in [3.8, 4) is 5.69 Å². The van der Waals surface area contributed by atoms with Gasteiger partial charge >= 0.3 is 0 Å². The molecule has 2 N–H and O–H groups in total. The molecule has 1 aliphatic rings. The molecule has 116 valence electrons. The topological polar surface area (TPSA) is 59.0 Å². The second-order valence-electron chi connectivity index (χ2n) is 6.25. The van der Waals surface area contributed by atoms with Gasteiger partial charge in [0.15, 0.2) is 0 Å². The van der Waals surface area contributed by atoms with E-state index in [4.69, 9.17) is 0 Å². The molecule has 0 atom stereocenters. The quantitative estimate of drug-likeness (QED) is 0.907. The summed E-state index contributed by atoms with van der Waals surface area (Å²) >= 11 is 0. The summed E-state index contributed by atoms with van der Waals surface area (Å²) in [6, 6.07) is 9.79. The molecule has 2 heterocycles. The summed E-state index contributed by atoms with van der Waals surface area (Å²) in [4.78, 5) is 12.3. The van der Waals surface area contributed by atoms with Crippen molar-refractivity contribution < 1.29 is 4.79 Å². The Morgan fingerprint density at radius 2 is 2.05 bits per heavy atom. The number of hydrogen-bond acceptors (Lipinski definition) is 3. The Hall–Kier alpha value is -2.14. The number of nitrogens with zero attached hydrogens (tertiary/aromatic N) is 2. The van der Waals surface area contributed by atoms with Crippen LogP contribution in [0.5, 0.6) is 0 Å². The van der Waals surface area contributed by atoms with Gasteiger partial charge in [0.25, 0.3) is 5.91 Å². The molecule has 1 saturated heterocycles. The maximum absolute atomic E-state index is 12.3. The van der Waals surface area contributed by atoms with Crippen molar-refractivity contribution in [1.82, 2.24) is 20.4 Å². The zero-order valence-corrected chi connectivity index (χ0v) is 12.9. The molecule has 0 unspecified atom stereocenters. The molecule has 0 spiro atoms. The summed E-state index contributed by atoms with van der Waals surface area (Å²) in [6.45, 7) is 5.00. The fourth-order valence-electron chi connectivity index (χ4n) is 2.76. The number of nitrogens with one attached hydrogen (secondary N) is 2. The second kappa shape index (κ2) is 6.32. The zero-order chi connectivity index (χ0) is 15.4. The van der Waals surface area contributed by atoms with Crippen molar-refractivity contribution in [1.29, 1.82) is 0 Å². The predicted molar refractivity (Wildman–Crippen MR) is 86.1 cm³/mol. The maximum atomic E-state index is 12.3. The average Bonchev–Trinajstić information content (AvgIpc) is 3.04. The van der Waals surface area contributed by atoms with Gasteiger partial charge in [-0.1, -0.05) is 25.1 Å². The van der Waals surface area contributed by atoms with E-state index in [1.165, 1.54) is 0 Å². The lowest BCUT2D eigenvalue weighted by molar-refractivity contribution is 0.0922. The second-order valence-corrected chi connectivity index (χ2v) is 6.25. The molecular formula is C17H22N4O. The number of carbonyl (C=O) groups is 1. The van der Waals surface area contributed by atoms with E-state index in [0.29, 0.717) is 12.1 Å². The van der Waals surface area contributed by atoms with Crippen LogP contribution < -0.4 is 10.6 Å². The molecule has 3 rings (SSSR count). The zero-order valence-electron chi connectivity index (χ0n) is 12.9. The van der Waals surface area contributed by atoms with Crippen molar-refractivity contribution in [3.63, 3.8) is 0 Å². The fourth-order valence-corrected chi connectivity index (χ4v) is 2.76. The van der Waals surface area contributed by atoms with Gasteiger partial charge in [0, 0.05) is 12.7 Å². The van der Waals surface area contributed by atoms with Crippen LogP contribution in [-0.2, 0) is 0 Å². The molecule has 1 fully saturated rings. The van der Waals surface area contributed by atoms with Crippen LogP contribution in [0.2, 0.25) is 0 Å². The van der Waals surface area contributed by atoms with Crippen LogP contribution in [0.4, 0.5) is 0 Å². The molecule has 0 aliphatic carbocycles. The van der Waals surface area contributed by atoms with Gasteiger partial charge in [-0.3, -0.25) is 4.79 Å². The monoisotopic (exact) mass is 298 g/mol. The Morgan fingerprint density at radius 3 is 2.77 bits per heavy atom. The van der Waals surface area contributed by atoms with Crippen LogP contribution >= 0.6 is 0 Å².